The van der Waals surface area contributed by atoms with E-state index >= 15 is 0 Å². The Morgan fingerprint density at radius 2 is 2.03 bits per heavy atom. The van der Waals surface area contributed by atoms with Crippen molar-refractivity contribution in [1.29, 1.82) is 0 Å². The van der Waals surface area contributed by atoms with E-state index in [1.165, 1.54) is 31.4 Å². The number of benzene rings is 1. The van der Waals surface area contributed by atoms with Gasteiger partial charge in [0.2, 0.25) is 5.91 Å². The van der Waals surface area contributed by atoms with Crippen molar-refractivity contribution in [2.24, 2.45) is 5.92 Å². The monoisotopic (exact) mass is 403 g/mol. The molecule has 2 aliphatic rings. The molecule has 1 saturated carbocycles. The number of nitro groups is 1. The van der Waals surface area contributed by atoms with Crippen LogP contribution in [0.25, 0.3) is 0 Å². The second-order valence-corrected chi connectivity index (χ2v) is 7.03. The van der Waals surface area contributed by atoms with Crippen molar-refractivity contribution in [3.05, 3.63) is 52.6 Å². The molecule has 4 unspecified atom stereocenters. The van der Waals surface area contributed by atoms with Crippen LogP contribution >= 0.6 is 0 Å². The van der Waals surface area contributed by atoms with Crippen LogP contribution in [0.2, 0.25) is 0 Å². The van der Waals surface area contributed by atoms with E-state index in [9.17, 15) is 24.5 Å². The lowest BCUT2D eigenvalue weighted by Gasteiger charge is -2.19. The van der Waals surface area contributed by atoms with Crippen molar-refractivity contribution in [3.63, 3.8) is 0 Å². The number of rotatable bonds is 7. The SMILES string of the molecule is C=CC1CC1(NC(=O)C1CC(OC(=O)c2ccc([N+](=O)[O-])cc2)CN1)C(=O)OC. The molecule has 1 aliphatic carbocycles. The zero-order chi connectivity index (χ0) is 21.2. The summed E-state index contributed by atoms with van der Waals surface area (Å²) in [5.74, 6) is -1.72. The number of amides is 1. The zero-order valence-electron chi connectivity index (χ0n) is 15.8. The lowest BCUT2D eigenvalue weighted by atomic mass is 10.1. The molecule has 29 heavy (non-hydrogen) atoms. The van der Waals surface area contributed by atoms with E-state index in [0.717, 1.165) is 0 Å². The van der Waals surface area contributed by atoms with Gasteiger partial charge in [0.25, 0.3) is 5.69 Å². The standard InChI is InChI=1S/C19H21N3O7/c1-3-12-9-19(12,18(25)28-2)21-16(23)15-8-14(10-20-15)29-17(24)11-4-6-13(7-5-11)22(26)27/h3-7,12,14-15,20H,1,8-10H2,2H3,(H,21,23). The minimum Gasteiger partial charge on any atom is -0.467 e. The first-order valence-electron chi connectivity index (χ1n) is 9.02. The van der Waals surface area contributed by atoms with Gasteiger partial charge in [-0.2, -0.15) is 0 Å². The van der Waals surface area contributed by atoms with Crippen LogP contribution in [0.15, 0.2) is 36.9 Å². The van der Waals surface area contributed by atoms with Crippen molar-refractivity contribution >= 4 is 23.5 Å². The number of ether oxygens (including phenoxy) is 2. The average Bonchev–Trinajstić information content (AvgIpc) is 3.23. The minimum absolute atomic E-state index is 0.127. The molecule has 2 fully saturated rings. The van der Waals surface area contributed by atoms with E-state index in [2.05, 4.69) is 17.2 Å². The lowest BCUT2D eigenvalue weighted by Crippen LogP contribution is -2.51. The van der Waals surface area contributed by atoms with Crippen molar-refractivity contribution in [2.75, 3.05) is 13.7 Å². The van der Waals surface area contributed by atoms with Gasteiger partial charge in [0.15, 0.2) is 0 Å². The number of non-ortho nitro benzene ring substituents is 1. The predicted molar refractivity (Wildman–Crippen MR) is 99.9 cm³/mol. The number of nitrogens with zero attached hydrogens (tertiary/aromatic N) is 1. The molecule has 1 amide bonds. The number of hydrogen-bond acceptors (Lipinski definition) is 8. The molecule has 1 aromatic carbocycles. The van der Waals surface area contributed by atoms with Gasteiger partial charge >= 0.3 is 11.9 Å². The predicted octanol–water partition coefficient (Wildman–Crippen LogP) is 0.716. The molecule has 2 N–H and O–H groups in total. The fourth-order valence-electron chi connectivity index (χ4n) is 3.42. The summed E-state index contributed by atoms with van der Waals surface area (Å²) < 4.78 is 10.2. The minimum atomic E-state index is -1.08. The second-order valence-electron chi connectivity index (χ2n) is 7.03. The highest BCUT2D eigenvalue weighted by molar-refractivity contribution is 5.94. The van der Waals surface area contributed by atoms with Crippen molar-refractivity contribution in [3.8, 4) is 0 Å². The largest absolute Gasteiger partial charge is 0.467 e. The van der Waals surface area contributed by atoms with Crippen molar-refractivity contribution in [2.45, 2.75) is 30.5 Å². The third-order valence-corrected chi connectivity index (χ3v) is 5.19. The number of carbonyl (C=O) groups is 3. The third kappa shape index (κ3) is 4.11. The van der Waals surface area contributed by atoms with Crippen LogP contribution in [0.1, 0.15) is 23.2 Å². The molecule has 1 aromatic rings. The number of hydrogen-bond donors (Lipinski definition) is 2. The van der Waals surface area contributed by atoms with Gasteiger partial charge in [-0.3, -0.25) is 14.9 Å². The normalized spacial score (nSPS) is 27.6. The Labute approximate surface area is 166 Å². The molecular formula is C19H21N3O7. The zero-order valence-corrected chi connectivity index (χ0v) is 15.8. The first-order chi connectivity index (χ1) is 13.8. The molecule has 0 bridgehead atoms. The van der Waals surface area contributed by atoms with Gasteiger partial charge in [0.1, 0.15) is 11.6 Å². The molecule has 3 rings (SSSR count). The van der Waals surface area contributed by atoms with Crippen LogP contribution in [0, 0.1) is 16.0 Å². The Bertz CT molecular complexity index is 854. The summed E-state index contributed by atoms with van der Waals surface area (Å²) in [4.78, 5) is 46.9. The number of nitrogens with one attached hydrogen (secondary N) is 2. The number of nitro benzene ring substituents is 1. The Morgan fingerprint density at radius 1 is 1.34 bits per heavy atom. The third-order valence-electron chi connectivity index (χ3n) is 5.19. The van der Waals surface area contributed by atoms with E-state index in [-0.39, 0.29) is 36.0 Å². The number of carbonyl (C=O) groups excluding carboxylic acids is 3. The highest BCUT2D eigenvalue weighted by Gasteiger charge is 2.61. The quantitative estimate of drug-likeness (QED) is 0.294. The summed E-state index contributed by atoms with van der Waals surface area (Å²) in [6.45, 7) is 3.93. The Hall–Kier alpha value is -3.27. The molecule has 1 saturated heterocycles. The average molecular weight is 403 g/mol. The van der Waals surface area contributed by atoms with Gasteiger partial charge in [-0.15, -0.1) is 6.58 Å². The van der Waals surface area contributed by atoms with Crippen LogP contribution < -0.4 is 10.6 Å². The van der Waals surface area contributed by atoms with Gasteiger partial charge < -0.3 is 20.1 Å². The molecule has 0 spiro atoms. The first-order valence-corrected chi connectivity index (χ1v) is 9.02. The second kappa shape index (κ2) is 8.00. The molecule has 10 heteroatoms. The van der Waals surface area contributed by atoms with Gasteiger partial charge in [-0.1, -0.05) is 6.08 Å². The van der Waals surface area contributed by atoms with Gasteiger partial charge in [-0.05, 0) is 18.6 Å². The summed E-state index contributed by atoms with van der Waals surface area (Å²) in [6, 6.07) is 4.44. The Morgan fingerprint density at radius 3 is 2.59 bits per heavy atom. The molecule has 1 heterocycles. The highest BCUT2D eigenvalue weighted by atomic mass is 16.6. The van der Waals surface area contributed by atoms with Crippen LogP contribution in [0.3, 0.4) is 0 Å². The number of methoxy groups -OCH3 is 1. The van der Waals surface area contributed by atoms with E-state index in [4.69, 9.17) is 9.47 Å². The van der Waals surface area contributed by atoms with Crippen LogP contribution in [0.5, 0.6) is 0 Å². The maximum absolute atomic E-state index is 12.6. The van der Waals surface area contributed by atoms with Crippen LogP contribution in [0.4, 0.5) is 5.69 Å². The van der Waals surface area contributed by atoms with Crippen LogP contribution in [-0.2, 0) is 19.1 Å². The highest BCUT2D eigenvalue weighted by Crippen LogP contribution is 2.45. The van der Waals surface area contributed by atoms with E-state index in [1.54, 1.807) is 6.08 Å². The Kier molecular flexibility index (Phi) is 5.64. The van der Waals surface area contributed by atoms with Gasteiger partial charge in [0, 0.05) is 31.0 Å². The molecule has 10 nitrogen and oxygen atoms in total. The summed E-state index contributed by atoms with van der Waals surface area (Å²) in [5.41, 5.74) is -1.03. The van der Waals surface area contributed by atoms with Crippen molar-refractivity contribution in [1.82, 2.24) is 10.6 Å². The van der Waals surface area contributed by atoms with Gasteiger partial charge in [0.05, 0.1) is 23.6 Å². The molecule has 154 valence electrons. The fraction of sp³-hybridized carbons (Fsp3) is 0.421. The first kappa shape index (κ1) is 20.5. The molecule has 1 aliphatic heterocycles. The Balaban J connectivity index is 1.55. The number of esters is 2. The maximum atomic E-state index is 12.6. The topological polar surface area (TPSA) is 137 Å². The molecule has 0 radical (unpaired) electrons. The molecular weight excluding hydrogens is 382 g/mol. The summed E-state index contributed by atoms with van der Waals surface area (Å²) in [7, 11) is 1.26. The van der Waals surface area contributed by atoms with E-state index in [1.807, 2.05) is 0 Å². The summed E-state index contributed by atoms with van der Waals surface area (Å²) in [6.07, 6.45) is 1.73. The van der Waals surface area contributed by atoms with Crippen LogP contribution in [-0.4, -0.2) is 54.1 Å². The fourth-order valence-corrected chi connectivity index (χ4v) is 3.42. The molecule has 4 atom stereocenters. The maximum Gasteiger partial charge on any atom is 0.338 e. The van der Waals surface area contributed by atoms with E-state index < -0.39 is 34.5 Å². The van der Waals surface area contributed by atoms with Gasteiger partial charge in [-0.25, -0.2) is 9.59 Å². The van der Waals surface area contributed by atoms with E-state index in [0.29, 0.717) is 6.42 Å². The molecule has 0 aromatic heterocycles. The lowest BCUT2D eigenvalue weighted by molar-refractivity contribution is -0.384. The summed E-state index contributed by atoms with van der Waals surface area (Å²) >= 11 is 0. The summed E-state index contributed by atoms with van der Waals surface area (Å²) in [5, 5.41) is 16.4. The van der Waals surface area contributed by atoms with Crippen molar-refractivity contribution < 1.29 is 28.8 Å². The smallest absolute Gasteiger partial charge is 0.338 e.